The summed E-state index contributed by atoms with van der Waals surface area (Å²) < 4.78 is 0. The Hall–Kier alpha value is -0.670. The molecule has 0 fully saturated rings. The first-order chi connectivity index (χ1) is 6.50. The van der Waals surface area contributed by atoms with Crippen molar-refractivity contribution < 1.29 is 4.79 Å². The quantitative estimate of drug-likeness (QED) is 0.595. The first-order valence-corrected chi connectivity index (χ1v) is 4.97. The minimum absolute atomic E-state index is 0.121. The van der Waals surface area contributed by atoms with Gasteiger partial charge in [-0.3, -0.25) is 4.79 Å². The lowest BCUT2D eigenvalue weighted by Gasteiger charge is -2.04. The van der Waals surface area contributed by atoms with Crippen molar-refractivity contribution >= 4 is 28.4 Å². The molecule has 5 heteroatoms. The summed E-state index contributed by atoms with van der Waals surface area (Å²) in [4.78, 5) is 18.8. The number of aromatic nitrogens is 2. The van der Waals surface area contributed by atoms with Gasteiger partial charge in [-0.1, -0.05) is 25.4 Å². The van der Waals surface area contributed by atoms with Crippen LogP contribution in [0.1, 0.15) is 30.0 Å². The minimum atomic E-state index is -0.633. The van der Waals surface area contributed by atoms with E-state index in [9.17, 15) is 4.79 Å². The third kappa shape index (κ3) is 2.93. The second kappa shape index (κ2) is 4.71. The molecule has 0 saturated heterocycles. The Morgan fingerprint density at radius 3 is 2.64 bits per heavy atom. The summed E-state index contributed by atoms with van der Waals surface area (Å²) in [5.41, 5.74) is 0.154. The summed E-state index contributed by atoms with van der Waals surface area (Å²) in [7, 11) is 0. The molecule has 0 aliphatic heterocycles. The average molecular weight is 233 g/mol. The number of hydrogen-bond acceptors (Lipinski definition) is 3. The van der Waals surface area contributed by atoms with Gasteiger partial charge in [0.15, 0.2) is 0 Å². The fraction of sp³-hybridized carbons (Fsp3) is 0.444. The highest BCUT2D eigenvalue weighted by atomic mass is 35.5. The molecule has 1 heterocycles. The van der Waals surface area contributed by atoms with Crippen LogP contribution in [0.3, 0.4) is 0 Å². The van der Waals surface area contributed by atoms with Gasteiger partial charge in [-0.05, 0) is 17.5 Å². The van der Waals surface area contributed by atoms with Crippen LogP contribution in [0.5, 0.6) is 0 Å². The molecule has 0 amide bonds. The maximum absolute atomic E-state index is 10.8. The molecule has 0 N–H and O–H groups in total. The van der Waals surface area contributed by atoms with Crippen LogP contribution in [-0.4, -0.2) is 15.2 Å². The zero-order valence-corrected chi connectivity index (χ0v) is 9.43. The molecule has 0 aliphatic carbocycles. The lowest BCUT2D eigenvalue weighted by Crippen LogP contribution is -2.03. The lowest BCUT2D eigenvalue weighted by molar-refractivity contribution is 0.108. The van der Waals surface area contributed by atoms with Crippen molar-refractivity contribution in [2.75, 3.05) is 0 Å². The van der Waals surface area contributed by atoms with Gasteiger partial charge < -0.3 is 0 Å². The van der Waals surface area contributed by atoms with Gasteiger partial charge in [0.25, 0.3) is 5.24 Å². The highest BCUT2D eigenvalue weighted by molar-refractivity contribution is 6.68. The van der Waals surface area contributed by atoms with Gasteiger partial charge in [0, 0.05) is 12.6 Å². The van der Waals surface area contributed by atoms with Crippen LogP contribution in [0, 0.1) is 5.92 Å². The predicted octanol–water partition coefficient (Wildman–Crippen LogP) is 2.71. The molecule has 1 rings (SSSR count). The van der Waals surface area contributed by atoms with Gasteiger partial charge in [0.1, 0.15) is 11.0 Å². The van der Waals surface area contributed by atoms with Crippen molar-refractivity contribution in [1.82, 2.24) is 9.97 Å². The van der Waals surface area contributed by atoms with E-state index in [1.165, 1.54) is 6.20 Å². The van der Waals surface area contributed by atoms with Crippen LogP contribution in [0.4, 0.5) is 0 Å². The fourth-order valence-electron chi connectivity index (χ4n) is 0.990. The van der Waals surface area contributed by atoms with Crippen molar-refractivity contribution in [1.29, 1.82) is 0 Å². The third-order valence-electron chi connectivity index (χ3n) is 1.59. The van der Waals surface area contributed by atoms with E-state index < -0.39 is 5.24 Å². The minimum Gasteiger partial charge on any atom is -0.275 e. The number of rotatable bonds is 3. The number of hydrogen-bond donors (Lipinski definition) is 0. The highest BCUT2D eigenvalue weighted by Gasteiger charge is 2.11. The standard InChI is InChI=1S/C9H10Cl2N2O/c1-5(2)3-7-12-4-6(9(11)14)8(10)13-7/h4-5H,3H2,1-2H3. The summed E-state index contributed by atoms with van der Waals surface area (Å²) in [5.74, 6) is 1.08. The largest absolute Gasteiger partial charge is 0.275 e. The van der Waals surface area contributed by atoms with Crippen LogP contribution in [-0.2, 0) is 6.42 Å². The van der Waals surface area contributed by atoms with Crippen LogP contribution in [0.15, 0.2) is 6.20 Å². The van der Waals surface area contributed by atoms with Gasteiger partial charge in [-0.2, -0.15) is 0 Å². The van der Waals surface area contributed by atoms with E-state index in [1.807, 2.05) is 0 Å². The molecule has 0 saturated carbocycles. The molecule has 76 valence electrons. The Morgan fingerprint density at radius 2 is 2.21 bits per heavy atom. The Labute approximate surface area is 92.5 Å². The normalized spacial score (nSPS) is 10.6. The van der Waals surface area contributed by atoms with Gasteiger partial charge in [0.05, 0.1) is 5.56 Å². The smallest absolute Gasteiger partial charge is 0.257 e. The van der Waals surface area contributed by atoms with Crippen LogP contribution >= 0.6 is 23.2 Å². The maximum Gasteiger partial charge on any atom is 0.257 e. The molecule has 0 aromatic carbocycles. The Bertz CT molecular complexity index is 353. The monoisotopic (exact) mass is 232 g/mol. The number of carbonyl (C=O) groups excluding carboxylic acids is 1. The fourth-order valence-corrected chi connectivity index (χ4v) is 1.41. The molecule has 0 atom stereocenters. The highest BCUT2D eigenvalue weighted by Crippen LogP contribution is 2.15. The van der Waals surface area contributed by atoms with Crippen molar-refractivity contribution in [3.05, 3.63) is 22.7 Å². The molecule has 0 unspecified atom stereocenters. The van der Waals surface area contributed by atoms with Crippen LogP contribution in [0.25, 0.3) is 0 Å². The summed E-state index contributed by atoms with van der Waals surface area (Å²) in [6.07, 6.45) is 2.10. The van der Waals surface area contributed by atoms with Gasteiger partial charge in [-0.15, -0.1) is 0 Å². The Morgan fingerprint density at radius 1 is 1.57 bits per heavy atom. The van der Waals surface area contributed by atoms with E-state index in [-0.39, 0.29) is 10.7 Å². The topological polar surface area (TPSA) is 42.9 Å². The molecule has 0 radical (unpaired) electrons. The van der Waals surface area contributed by atoms with Crippen LogP contribution < -0.4 is 0 Å². The van der Waals surface area contributed by atoms with E-state index in [2.05, 4.69) is 23.8 Å². The van der Waals surface area contributed by atoms with Crippen molar-refractivity contribution in [3.63, 3.8) is 0 Å². The Balaban J connectivity index is 2.94. The number of halogens is 2. The zero-order valence-electron chi connectivity index (χ0n) is 7.92. The molecule has 0 bridgehead atoms. The Kier molecular flexibility index (Phi) is 3.84. The lowest BCUT2D eigenvalue weighted by atomic mass is 10.1. The third-order valence-corrected chi connectivity index (χ3v) is 2.09. The second-order valence-electron chi connectivity index (χ2n) is 3.36. The van der Waals surface area contributed by atoms with Crippen molar-refractivity contribution in [3.8, 4) is 0 Å². The predicted molar refractivity (Wildman–Crippen MR) is 55.8 cm³/mol. The van der Waals surface area contributed by atoms with E-state index in [0.29, 0.717) is 11.7 Å². The number of carbonyl (C=O) groups is 1. The van der Waals surface area contributed by atoms with Gasteiger partial charge >= 0.3 is 0 Å². The second-order valence-corrected chi connectivity index (χ2v) is 4.06. The average Bonchev–Trinajstić information content (AvgIpc) is 2.01. The van der Waals surface area contributed by atoms with E-state index in [0.717, 1.165) is 6.42 Å². The first-order valence-electron chi connectivity index (χ1n) is 4.22. The molecule has 1 aromatic heterocycles. The van der Waals surface area contributed by atoms with Crippen LogP contribution in [0.2, 0.25) is 5.15 Å². The molecular weight excluding hydrogens is 223 g/mol. The molecule has 0 aliphatic rings. The van der Waals surface area contributed by atoms with Crippen molar-refractivity contribution in [2.45, 2.75) is 20.3 Å². The van der Waals surface area contributed by atoms with Gasteiger partial charge in [-0.25, -0.2) is 9.97 Å². The van der Waals surface area contributed by atoms with E-state index in [4.69, 9.17) is 23.2 Å². The van der Waals surface area contributed by atoms with Crippen molar-refractivity contribution in [2.24, 2.45) is 5.92 Å². The summed E-state index contributed by atoms with van der Waals surface area (Å²) in [5, 5.41) is -0.512. The molecule has 0 spiro atoms. The first kappa shape index (κ1) is 11.4. The summed E-state index contributed by atoms with van der Waals surface area (Å²) in [6.45, 7) is 4.11. The SMILES string of the molecule is CC(C)Cc1ncc(C(=O)Cl)c(Cl)n1. The number of nitrogens with zero attached hydrogens (tertiary/aromatic N) is 2. The molecule has 14 heavy (non-hydrogen) atoms. The maximum atomic E-state index is 10.8. The van der Waals surface area contributed by atoms with Gasteiger partial charge in [0.2, 0.25) is 0 Å². The molecule has 3 nitrogen and oxygen atoms in total. The summed E-state index contributed by atoms with van der Waals surface area (Å²) >= 11 is 11.0. The summed E-state index contributed by atoms with van der Waals surface area (Å²) in [6, 6.07) is 0. The molecular formula is C9H10Cl2N2O. The zero-order chi connectivity index (χ0) is 10.7. The molecule has 1 aromatic rings. The van der Waals surface area contributed by atoms with E-state index >= 15 is 0 Å². The van der Waals surface area contributed by atoms with E-state index in [1.54, 1.807) is 0 Å².